The summed E-state index contributed by atoms with van der Waals surface area (Å²) in [5.41, 5.74) is 0. The van der Waals surface area contributed by atoms with Gasteiger partial charge in [0.05, 0.1) is 11.8 Å². The molecule has 0 saturated carbocycles. The molecule has 17 heavy (non-hydrogen) atoms. The van der Waals surface area contributed by atoms with E-state index in [4.69, 9.17) is 11.6 Å². The van der Waals surface area contributed by atoms with E-state index in [2.05, 4.69) is 0 Å². The molecule has 2 saturated heterocycles. The Kier molecular flexibility index (Phi) is 3.12. The monoisotopic (exact) mass is 258 g/mol. The van der Waals surface area contributed by atoms with Gasteiger partial charge < -0.3 is 4.90 Å². The van der Waals surface area contributed by atoms with Gasteiger partial charge in [-0.3, -0.25) is 19.3 Å². The van der Waals surface area contributed by atoms with Crippen LogP contribution in [0.25, 0.3) is 0 Å². The molecular weight excluding hydrogens is 244 g/mol. The predicted octanol–water partition coefficient (Wildman–Crippen LogP) is 0.0770. The second kappa shape index (κ2) is 4.29. The lowest BCUT2D eigenvalue weighted by Crippen LogP contribution is -2.47. The quantitative estimate of drug-likeness (QED) is 0.494. The van der Waals surface area contributed by atoms with Crippen LogP contribution in [0.4, 0.5) is 0 Å². The number of rotatable bonds is 1. The topological polar surface area (TPSA) is 57.7 Å². The number of carbonyl (C=O) groups excluding carboxylic acids is 3. The van der Waals surface area contributed by atoms with Crippen molar-refractivity contribution in [3.63, 3.8) is 0 Å². The number of likely N-dealkylation sites (tertiary alicyclic amines) is 2. The second-order valence-corrected chi connectivity index (χ2v) is 5.29. The van der Waals surface area contributed by atoms with Crippen molar-refractivity contribution in [2.45, 2.75) is 18.7 Å². The van der Waals surface area contributed by atoms with Crippen LogP contribution in [-0.4, -0.2) is 53.0 Å². The number of amides is 3. The van der Waals surface area contributed by atoms with Crippen LogP contribution in [0.15, 0.2) is 0 Å². The Balaban J connectivity index is 2.12. The fourth-order valence-electron chi connectivity index (χ4n) is 2.56. The molecule has 0 aromatic heterocycles. The summed E-state index contributed by atoms with van der Waals surface area (Å²) in [7, 11) is 1.50. The molecule has 0 aromatic rings. The van der Waals surface area contributed by atoms with Crippen LogP contribution < -0.4 is 0 Å². The minimum absolute atomic E-state index is 0.119. The number of alkyl halides is 1. The largest absolute Gasteiger partial charge is 0.341 e. The number of fused-ring (bicyclic) bond motifs is 1. The molecule has 0 bridgehead atoms. The maximum atomic E-state index is 11.8. The Bertz CT molecular complexity index is 383. The third-order valence-corrected chi connectivity index (χ3v) is 3.75. The highest BCUT2D eigenvalue weighted by atomic mass is 35.5. The zero-order chi connectivity index (χ0) is 12.7. The van der Waals surface area contributed by atoms with Crippen LogP contribution >= 0.6 is 11.6 Å². The molecule has 0 aliphatic carbocycles. The van der Waals surface area contributed by atoms with Crippen molar-refractivity contribution in [3.05, 3.63) is 0 Å². The second-order valence-electron chi connectivity index (χ2n) is 4.64. The van der Waals surface area contributed by atoms with E-state index in [1.807, 2.05) is 0 Å². The fraction of sp³-hybridized carbons (Fsp3) is 0.727. The van der Waals surface area contributed by atoms with Gasteiger partial charge in [-0.25, -0.2) is 0 Å². The van der Waals surface area contributed by atoms with E-state index in [1.54, 1.807) is 11.8 Å². The molecule has 2 heterocycles. The van der Waals surface area contributed by atoms with Crippen LogP contribution in [0.3, 0.4) is 0 Å². The smallest absolute Gasteiger partial charge is 0.240 e. The molecule has 0 aromatic carbocycles. The van der Waals surface area contributed by atoms with Gasteiger partial charge in [-0.15, -0.1) is 11.6 Å². The SMILES string of the molecule is C[C@H](Cl)C(=O)N1CC[C@@H]2C(=O)N(C)C(=O)[C@@H]2C1. The standard InChI is InChI=1S/C11H15ClN2O3/c1-6(12)9(15)14-4-3-7-8(5-14)11(17)13(2)10(7)16/h6-8H,3-5H2,1-2H3/t6-,7-,8+/m0/s1. The Labute approximate surface area is 105 Å². The molecule has 2 aliphatic rings. The zero-order valence-electron chi connectivity index (χ0n) is 9.85. The summed E-state index contributed by atoms with van der Waals surface area (Å²) in [6, 6.07) is 0. The molecule has 3 amide bonds. The van der Waals surface area contributed by atoms with E-state index >= 15 is 0 Å². The predicted molar refractivity (Wildman–Crippen MR) is 61.3 cm³/mol. The maximum Gasteiger partial charge on any atom is 0.240 e. The van der Waals surface area contributed by atoms with Crippen molar-refractivity contribution in [2.75, 3.05) is 20.1 Å². The van der Waals surface area contributed by atoms with Crippen molar-refractivity contribution in [1.29, 1.82) is 0 Å². The third kappa shape index (κ3) is 1.92. The fourth-order valence-corrected chi connectivity index (χ4v) is 2.69. The van der Waals surface area contributed by atoms with Crippen molar-refractivity contribution >= 4 is 29.3 Å². The lowest BCUT2D eigenvalue weighted by atomic mass is 9.87. The summed E-state index contributed by atoms with van der Waals surface area (Å²) in [5.74, 6) is -1.09. The summed E-state index contributed by atoms with van der Waals surface area (Å²) in [6.45, 7) is 2.43. The van der Waals surface area contributed by atoms with Gasteiger partial charge >= 0.3 is 0 Å². The van der Waals surface area contributed by atoms with Gasteiger partial charge in [-0.05, 0) is 13.3 Å². The first-order chi connectivity index (χ1) is 7.93. The van der Waals surface area contributed by atoms with Crippen LogP contribution in [0.2, 0.25) is 0 Å². The van der Waals surface area contributed by atoms with E-state index in [0.29, 0.717) is 19.5 Å². The van der Waals surface area contributed by atoms with Gasteiger partial charge in [-0.2, -0.15) is 0 Å². The lowest BCUT2D eigenvalue weighted by Gasteiger charge is -2.33. The summed E-state index contributed by atoms with van der Waals surface area (Å²) >= 11 is 5.74. The zero-order valence-corrected chi connectivity index (χ0v) is 10.6. The number of hydrogen-bond acceptors (Lipinski definition) is 3. The van der Waals surface area contributed by atoms with Crippen LogP contribution in [-0.2, 0) is 14.4 Å². The van der Waals surface area contributed by atoms with E-state index in [0.717, 1.165) is 0 Å². The summed E-state index contributed by atoms with van der Waals surface area (Å²) in [5, 5.41) is -0.587. The third-order valence-electron chi connectivity index (χ3n) is 3.56. The first-order valence-electron chi connectivity index (χ1n) is 5.67. The van der Waals surface area contributed by atoms with Gasteiger partial charge in [-0.1, -0.05) is 0 Å². The van der Waals surface area contributed by atoms with Gasteiger partial charge in [0.15, 0.2) is 0 Å². The Morgan fingerprint density at radius 3 is 2.53 bits per heavy atom. The molecule has 5 nitrogen and oxygen atoms in total. The summed E-state index contributed by atoms with van der Waals surface area (Å²) in [4.78, 5) is 38.1. The highest BCUT2D eigenvalue weighted by molar-refractivity contribution is 6.30. The molecule has 0 spiro atoms. The van der Waals surface area contributed by atoms with E-state index < -0.39 is 5.38 Å². The summed E-state index contributed by atoms with van der Waals surface area (Å²) < 4.78 is 0. The molecule has 2 aliphatic heterocycles. The molecule has 0 radical (unpaired) electrons. The molecule has 2 rings (SSSR count). The molecule has 3 atom stereocenters. The molecule has 0 unspecified atom stereocenters. The number of piperidine rings is 1. The van der Waals surface area contributed by atoms with Crippen molar-refractivity contribution in [1.82, 2.24) is 9.80 Å². The van der Waals surface area contributed by atoms with Gasteiger partial charge in [0.1, 0.15) is 5.38 Å². The van der Waals surface area contributed by atoms with Crippen LogP contribution in [0.5, 0.6) is 0 Å². The van der Waals surface area contributed by atoms with Crippen molar-refractivity contribution < 1.29 is 14.4 Å². The van der Waals surface area contributed by atoms with Crippen LogP contribution in [0, 0.1) is 11.8 Å². The molecule has 2 fully saturated rings. The maximum absolute atomic E-state index is 11.8. The minimum Gasteiger partial charge on any atom is -0.341 e. The first-order valence-corrected chi connectivity index (χ1v) is 6.11. The normalized spacial score (nSPS) is 30.5. The highest BCUT2D eigenvalue weighted by Crippen LogP contribution is 2.32. The Hall–Kier alpha value is -1.10. The van der Waals surface area contributed by atoms with Crippen LogP contribution in [0.1, 0.15) is 13.3 Å². The van der Waals surface area contributed by atoms with E-state index in [1.165, 1.54) is 11.9 Å². The van der Waals surface area contributed by atoms with Gasteiger partial charge in [0.25, 0.3) is 0 Å². The number of halogens is 1. The number of imide groups is 1. The van der Waals surface area contributed by atoms with Crippen molar-refractivity contribution in [2.24, 2.45) is 11.8 Å². The number of hydrogen-bond donors (Lipinski definition) is 0. The highest BCUT2D eigenvalue weighted by Gasteiger charge is 2.49. The summed E-state index contributed by atoms with van der Waals surface area (Å²) in [6.07, 6.45) is 0.551. The molecular formula is C11H15ClN2O3. The van der Waals surface area contributed by atoms with Gasteiger partial charge in [0, 0.05) is 20.1 Å². The van der Waals surface area contributed by atoms with Gasteiger partial charge in [0.2, 0.25) is 17.7 Å². The average molecular weight is 259 g/mol. The number of nitrogens with zero attached hydrogens (tertiary/aromatic N) is 2. The lowest BCUT2D eigenvalue weighted by molar-refractivity contribution is -0.138. The average Bonchev–Trinajstić information content (AvgIpc) is 2.53. The molecule has 0 N–H and O–H groups in total. The molecule has 6 heteroatoms. The van der Waals surface area contributed by atoms with E-state index in [9.17, 15) is 14.4 Å². The van der Waals surface area contributed by atoms with Crippen molar-refractivity contribution in [3.8, 4) is 0 Å². The van der Waals surface area contributed by atoms with E-state index in [-0.39, 0.29) is 29.6 Å². The Morgan fingerprint density at radius 1 is 1.35 bits per heavy atom. The first kappa shape index (κ1) is 12.4. The number of carbonyl (C=O) groups is 3. The minimum atomic E-state index is -0.587. The molecule has 94 valence electrons. The Morgan fingerprint density at radius 2 is 1.94 bits per heavy atom.